The van der Waals surface area contributed by atoms with Crippen molar-refractivity contribution in [3.63, 3.8) is 0 Å². The fraction of sp³-hybridized carbons (Fsp3) is 0.286. The third-order valence-electron chi connectivity index (χ3n) is 5.33. The van der Waals surface area contributed by atoms with E-state index in [1.54, 1.807) is 27.3 Å². The number of rotatable bonds is 6. The van der Waals surface area contributed by atoms with Gasteiger partial charge in [-0.05, 0) is 53.9 Å². The third-order valence-corrected chi connectivity index (χ3v) is 7.15. The van der Waals surface area contributed by atoms with Gasteiger partial charge in [-0.1, -0.05) is 0 Å². The van der Waals surface area contributed by atoms with Crippen LogP contribution >= 0.6 is 0 Å². The van der Waals surface area contributed by atoms with E-state index in [1.807, 2.05) is 12.1 Å². The summed E-state index contributed by atoms with van der Waals surface area (Å²) < 4.78 is 43.2. The predicted octanol–water partition coefficient (Wildman–Crippen LogP) is 2.77. The Labute approximate surface area is 168 Å². The molecule has 0 unspecified atom stereocenters. The molecule has 0 saturated carbocycles. The zero-order valence-electron chi connectivity index (χ0n) is 16.3. The van der Waals surface area contributed by atoms with Crippen molar-refractivity contribution in [1.82, 2.24) is 4.31 Å². The molecule has 0 bridgehead atoms. The number of hydrogen-bond donors (Lipinski definition) is 0. The number of fused-ring (bicyclic) bond motifs is 2. The fourth-order valence-corrected chi connectivity index (χ4v) is 4.95. The SMILES string of the molecule is COc1cc2c(cc1OC)[C@@H](CN(C)S(=O)(=O)c1ccc3oc(=O)ccc3c1)C2. The summed E-state index contributed by atoms with van der Waals surface area (Å²) in [6, 6.07) is 11.2. The van der Waals surface area contributed by atoms with Gasteiger partial charge in [0.2, 0.25) is 10.0 Å². The highest BCUT2D eigenvalue weighted by molar-refractivity contribution is 7.89. The molecule has 0 spiro atoms. The molecule has 1 aliphatic rings. The van der Waals surface area contributed by atoms with Crippen molar-refractivity contribution in [3.8, 4) is 11.5 Å². The minimum absolute atomic E-state index is 0.0862. The highest BCUT2D eigenvalue weighted by atomic mass is 32.2. The monoisotopic (exact) mass is 415 g/mol. The molecule has 0 aliphatic heterocycles. The lowest BCUT2D eigenvalue weighted by Crippen LogP contribution is -2.35. The van der Waals surface area contributed by atoms with Crippen LogP contribution in [-0.4, -0.2) is 40.5 Å². The first-order chi connectivity index (χ1) is 13.8. The second-order valence-electron chi connectivity index (χ2n) is 7.05. The van der Waals surface area contributed by atoms with Gasteiger partial charge in [0.25, 0.3) is 0 Å². The van der Waals surface area contributed by atoms with E-state index in [2.05, 4.69) is 0 Å². The Morgan fingerprint density at radius 3 is 2.52 bits per heavy atom. The normalized spacial score (nSPS) is 15.8. The Bertz CT molecular complexity index is 1250. The number of likely N-dealkylation sites (N-methyl/N-ethyl adjacent to an activating group) is 1. The zero-order chi connectivity index (χ0) is 20.8. The average molecular weight is 415 g/mol. The fourth-order valence-electron chi connectivity index (χ4n) is 3.70. The number of sulfonamides is 1. The minimum Gasteiger partial charge on any atom is -0.493 e. The summed E-state index contributed by atoms with van der Waals surface area (Å²) in [5.74, 6) is 1.40. The number of nitrogens with zero attached hydrogens (tertiary/aromatic N) is 1. The molecule has 0 amide bonds. The lowest BCUT2D eigenvalue weighted by Gasteiger charge is -2.34. The molecule has 1 heterocycles. The molecule has 1 atom stereocenters. The van der Waals surface area contributed by atoms with Gasteiger partial charge < -0.3 is 13.9 Å². The molecule has 8 heteroatoms. The quantitative estimate of drug-likeness (QED) is 0.576. The summed E-state index contributed by atoms with van der Waals surface area (Å²) in [4.78, 5) is 11.5. The first-order valence-electron chi connectivity index (χ1n) is 9.08. The molecule has 4 rings (SSSR count). The minimum atomic E-state index is -3.69. The Morgan fingerprint density at radius 2 is 1.79 bits per heavy atom. The lowest BCUT2D eigenvalue weighted by molar-refractivity contribution is 0.349. The van der Waals surface area contributed by atoms with Crippen LogP contribution < -0.4 is 15.1 Å². The van der Waals surface area contributed by atoms with Gasteiger partial charge in [-0.25, -0.2) is 17.5 Å². The van der Waals surface area contributed by atoms with Gasteiger partial charge >= 0.3 is 5.63 Å². The number of ether oxygens (including phenoxy) is 2. The average Bonchev–Trinajstić information content (AvgIpc) is 2.70. The molecule has 7 nitrogen and oxygen atoms in total. The van der Waals surface area contributed by atoms with Crippen LogP contribution in [0.25, 0.3) is 11.0 Å². The van der Waals surface area contributed by atoms with Crippen LogP contribution in [0.4, 0.5) is 0 Å². The summed E-state index contributed by atoms with van der Waals surface area (Å²) in [7, 11) is 1.06. The largest absolute Gasteiger partial charge is 0.493 e. The van der Waals surface area contributed by atoms with Crippen LogP contribution in [0.1, 0.15) is 17.0 Å². The zero-order valence-corrected chi connectivity index (χ0v) is 17.2. The van der Waals surface area contributed by atoms with E-state index in [-0.39, 0.29) is 10.8 Å². The maximum atomic E-state index is 13.0. The van der Waals surface area contributed by atoms with Gasteiger partial charge in [-0.2, -0.15) is 0 Å². The van der Waals surface area contributed by atoms with Crippen LogP contribution in [-0.2, 0) is 16.4 Å². The second-order valence-corrected chi connectivity index (χ2v) is 9.09. The molecule has 1 aliphatic carbocycles. The van der Waals surface area contributed by atoms with Crippen molar-refractivity contribution in [1.29, 1.82) is 0 Å². The Kier molecular flexibility index (Phi) is 4.84. The Balaban J connectivity index is 1.58. The summed E-state index contributed by atoms with van der Waals surface area (Å²) in [6.45, 7) is 0.354. The Morgan fingerprint density at radius 1 is 1.07 bits per heavy atom. The standard InChI is InChI=1S/C21H21NO6S/c1-22(12-15-8-14-10-19(26-2)20(27-3)11-17(14)15)29(24,25)16-5-6-18-13(9-16)4-7-21(23)28-18/h4-7,9-11,15H,8,12H2,1-3H3/t15-/m1/s1. The summed E-state index contributed by atoms with van der Waals surface area (Å²) >= 11 is 0. The van der Waals surface area contributed by atoms with E-state index in [0.29, 0.717) is 29.0 Å². The molecule has 3 aromatic rings. The summed E-state index contributed by atoms with van der Waals surface area (Å²) in [5.41, 5.74) is 2.10. The molecular weight excluding hydrogens is 394 g/mol. The Hall–Kier alpha value is -2.84. The topological polar surface area (TPSA) is 86.1 Å². The van der Waals surface area contributed by atoms with Crippen LogP contribution in [0.15, 0.2) is 56.6 Å². The maximum Gasteiger partial charge on any atom is 0.336 e. The van der Waals surface area contributed by atoms with Crippen molar-refractivity contribution in [2.24, 2.45) is 0 Å². The van der Waals surface area contributed by atoms with Gasteiger partial charge in [0, 0.05) is 31.0 Å². The molecule has 0 radical (unpaired) electrons. The summed E-state index contributed by atoms with van der Waals surface area (Å²) in [6.07, 6.45) is 0.776. The van der Waals surface area contributed by atoms with E-state index < -0.39 is 15.6 Å². The van der Waals surface area contributed by atoms with Gasteiger partial charge in [-0.15, -0.1) is 0 Å². The van der Waals surface area contributed by atoms with E-state index in [0.717, 1.165) is 17.5 Å². The number of methoxy groups -OCH3 is 2. The molecule has 0 fully saturated rings. The highest BCUT2D eigenvalue weighted by Crippen LogP contribution is 2.43. The van der Waals surface area contributed by atoms with Crippen molar-refractivity contribution < 1.29 is 22.3 Å². The van der Waals surface area contributed by atoms with Gasteiger partial charge in [0.05, 0.1) is 19.1 Å². The summed E-state index contributed by atoms with van der Waals surface area (Å²) in [5, 5.41) is 0.560. The smallest absolute Gasteiger partial charge is 0.336 e. The first-order valence-corrected chi connectivity index (χ1v) is 10.5. The van der Waals surface area contributed by atoms with E-state index in [1.165, 1.54) is 28.6 Å². The van der Waals surface area contributed by atoms with Crippen LogP contribution in [0.5, 0.6) is 11.5 Å². The maximum absolute atomic E-state index is 13.0. The van der Waals surface area contributed by atoms with E-state index in [9.17, 15) is 13.2 Å². The predicted molar refractivity (Wildman–Crippen MR) is 108 cm³/mol. The lowest BCUT2D eigenvalue weighted by atomic mass is 9.77. The van der Waals surface area contributed by atoms with Gasteiger partial charge in [0.1, 0.15) is 5.58 Å². The van der Waals surface area contributed by atoms with Crippen molar-refractivity contribution in [2.75, 3.05) is 27.8 Å². The molecule has 152 valence electrons. The van der Waals surface area contributed by atoms with Crippen molar-refractivity contribution in [3.05, 3.63) is 64.0 Å². The highest BCUT2D eigenvalue weighted by Gasteiger charge is 2.32. The van der Waals surface area contributed by atoms with Gasteiger partial charge in [-0.3, -0.25) is 0 Å². The van der Waals surface area contributed by atoms with Crippen LogP contribution in [0.3, 0.4) is 0 Å². The molecule has 1 aromatic heterocycles. The molecule has 2 aromatic carbocycles. The van der Waals surface area contributed by atoms with Crippen molar-refractivity contribution >= 4 is 21.0 Å². The first kappa shape index (κ1) is 19.5. The van der Waals surface area contributed by atoms with Crippen molar-refractivity contribution in [2.45, 2.75) is 17.2 Å². The van der Waals surface area contributed by atoms with E-state index >= 15 is 0 Å². The molecule has 0 saturated heterocycles. The number of benzene rings is 2. The number of hydrogen-bond acceptors (Lipinski definition) is 6. The van der Waals surface area contributed by atoms with Gasteiger partial charge in [0.15, 0.2) is 11.5 Å². The third kappa shape index (κ3) is 3.38. The second kappa shape index (κ2) is 7.20. The molecular formula is C21H21NO6S. The molecule has 0 N–H and O–H groups in total. The molecule has 29 heavy (non-hydrogen) atoms. The van der Waals surface area contributed by atoms with Crippen LogP contribution in [0.2, 0.25) is 0 Å². The van der Waals surface area contributed by atoms with Crippen LogP contribution in [0, 0.1) is 0 Å². The van der Waals surface area contributed by atoms with E-state index in [4.69, 9.17) is 13.9 Å².